The van der Waals surface area contributed by atoms with E-state index in [0.717, 1.165) is 30.9 Å². The first-order chi connectivity index (χ1) is 15.2. The van der Waals surface area contributed by atoms with Gasteiger partial charge < -0.3 is 24.5 Å². The van der Waals surface area contributed by atoms with Crippen LogP contribution in [0.3, 0.4) is 0 Å². The predicted molar refractivity (Wildman–Crippen MR) is 121 cm³/mol. The lowest BCUT2D eigenvalue weighted by molar-refractivity contribution is -0.154. The molecule has 0 amide bonds. The van der Waals surface area contributed by atoms with Crippen LogP contribution in [0.5, 0.6) is 5.88 Å². The van der Waals surface area contributed by atoms with Gasteiger partial charge in [0, 0.05) is 38.8 Å². The first-order valence-electron chi connectivity index (χ1n) is 10.7. The number of nitrogens with one attached hydrogen (secondary N) is 1. The Kier molecular flexibility index (Phi) is 7.68. The zero-order chi connectivity index (χ0) is 23.1. The highest BCUT2D eigenvalue weighted by Gasteiger charge is 2.26. The third-order valence-electron chi connectivity index (χ3n) is 4.96. The fourth-order valence-corrected chi connectivity index (χ4v) is 3.39. The zero-order valence-electron chi connectivity index (χ0n) is 19.4. The highest BCUT2D eigenvalue weighted by molar-refractivity contribution is 5.60. The molecule has 1 saturated heterocycles. The maximum Gasteiger partial charge on any atom is 0.528 e. The van der Waals surface area contributed by atoms with E-state index in [0.29, 0.717) is 30.7 Å². The number of anilines is 3. The molecular weight excluding hydrogens is 412 g/mol. The Morgan fingerprint density at radius 2 is 1.97 bits per heavy atom. The molecule has 0 saturated carbocycles. The van der Waals surface area contributed by atoms with Crippen LogP contribution < -0.4 is 15.0 Å². The maximum absolute atomic E-state index is 11.8. The van der Waals surface area contributed by atoms with Gasteiger partial charge in [-0.1, -0.05) is 0 Å². The molecule has 0 spiro atoms. The summed E-state index contributed by atoms with van der Waals surface area (Å²) in [5.41, 5.74) is 0.253. The molecule has 0 aliphatic carbocycles. The van der Waals surface area contributed by atoms with Crippen LogP contribution in [0.15, 0.2) is 30.7 Å². The van der Waals surface area contributed by atoms with Gasteiger partial charge >= 0.3 is 6.16 Å². The highest BCUT2D eigenvalue weighted by atomic mass is 16.8. The number of nitrogens with zero attached hydrogens (tertiary/aromatic N) is 5. The van der Waals surface area contributed by atoms with E-state index in [1.165, 1.54) is 0 Å². The second-order valence-electron chi connectivity index (χ2n) is 8.78. The Morgan fingerprint density at radius 3 is 2.59 bits per heavy atom. The van der Waals surface area contributed by atoms with Crippen molar-refractivity contribution in [1.82, 2.24) is 20.0 Å². The van der Waals surface area contributed by atoms with E-state index in [1.807, 2.05) is 40.0 Å². The lowest BCUT2D eigenvalue weighted by atomic mass is 9.97. The molecule has 1 aliphatic heterocycles. The molecule has 174 valence electrons. The molecule has 10 heteroatoms. The number of ether oxygens (including phenoxy) is 2. The number of pyridine rings is 1. The van der Waals surface area contributed by atoms with Gasteiger partial charge in [-0.15, -0.1) is 5.06 Å². The predicted octanol–water partition coefficient (Wildman–Crippen LogP) is 3.64. The first kappa shape index (κ1) is 23.5. The summed E-state index contributed by atoms with van der Waals surface area (Å²) in [7, 11) is 3.60. The van der Waals surface area contributed by atoms with E-state index in [2.05, 4.69) is 25.2 Å². The fraction of sp³-hybridized carbons (Fsp3) is 0.545. The summed E-state index contributed by atoms with van der Waals surface area (Å²) in [6, 6.07) is 5.57. The Bertz CT molecular complexity index is 879. The lowest BCUT2D eigenvalue weighted by Gasteiger charge is -2.33. The van der Waals surface area contributed by atoms with Crippen LogP contribution in [0.2, 0.25) is 0 Å². The number of carbonyl (C=O) groups excluding carboxylic acids is 1. The van der Waals surface area contributed by atoms with Gasteiger partial charge in [0.2, 0.25) is 5.88 Å². The van der Waals surface area contributed by atoms with Crippen LogP contribution in [0.25, 0.3) is 0 Å². The minimum atomic E-state index is -0.652. The van der Waals surface area contributed by atoms with Gasteiger partial charge in [0.05, 0.1) is 19.0 Å². The first-order valence-corrected chi connectivity index (χ1v) is 10.7. The lowest BCUT2D eigenvalue weighted by Crippen LogP contribution is -2.40. The van der Waals surface area contributed by atoms with E-state index in [9.17, 15) is 4.79 Å². The van der Waals surface area contributed by atoms with Crippen LogP contribution in [0, 0.1) is 5.92 Å². The molecule has 1 fully saturated rings. The number of carbonyl (C=O) groups is 1. The summed E-state index contributed by atoms with van der Waals surface area (Å²) in [6.45, 7) is 7.66. The van der Waals surface area contributed by atoms with Crippen molar-refractivity contribution in [1.29, 1.82) is 0 Å². The van der Waals surface area contributed by atoms with Crippen LogP contribution >= 0.6 is 0 Å². The number of hydroxylamine groups is 2. The Balaban J connectivity index is 1.48. The molecule has 0 unspecified atom stereocenters. The van der Waals surface area contributed by atoms with Gasteiger partial charge in [0.25, 0.3) is 0 Å². The van der Waals surface area contributed by atoms with E-state index >= 15 is 0 Å². The molecule has 1 aliphatic rings. The van der Waals surface area contributed by atoms with Gasteiger partial charge in [-0.3, -0.25) is 0 Å². The molecule has 0 radical (unpaired) electrons. The van der Waals surface area contributed by atoms with Crippen LogP contribution in [0.1, 0.15) is 33.6 Å². The molecule has 3 rings (SSSR count). The van der Waals surface area contributed by atoms with Gasteiger partial charge in [-0.25, -0.2) is 19.7 Å². The van der Waals surface area contributed by atoms with Crippen LogP contribution in [-0.4, -0.2) is 65.6 Å². The number of methoxy groups -OCH3 is 1. The second kappa shape index (κ2) is 10.4. The van der Waals surface area contributed by atoms with Crippen molar-refractivity contribution < 1.29 is 19.1 Å². The van der Waals surface area contributed by atoms with Gasteiger partial charge in [0.15, 0.2) is 0 Å². The molecule has 0 aromatic carbocycles. The summed E-state index contributed by atoms with van der Waals surface area (Å²) in [4.78, 5) is 32.2. The second-order valence-corrected chi connectivity index (χ2v) is 8.78. The molecular formula is C22H32N6O4. The fourth-order valence-electron chi connectivity index (χ4n) is 3.39. The third kappa shape index (κ3) is 7.23. The van der Waals surface area contributed by atoms with Crippen molar-refractivity contribution >= 4 is 23.5 Å². The summed E-state index contributed by atoms with van der Waals surface area (Å²) >= 11 is 0. The number of hydrogen-bond donors (Lipinski definition) is 1. The summed E-state index contributed by atoms with van der Waals surface area (Å²) in [5.74, 6) is 2.54. The van der Waals surface area contributed by atoms with Gasteiger partial charge in [-0.05, 0) is 45.6 Å². The molecule has 32 heavy (non-hydrogen) atoms. The Morgan fingerprint density at radius 1 is 1.22 bits per heavy atom. The van der Waals surface area contributed by atoms with E-state index < -0.39 is 11.8 Å². The van der Waals surface area contributed by atoms with Crippen molar-refractivity contribution in [3.8, 4) is 5.88 Å². The average molecular weight is 445 g/mol. The van der Waals surface area contributed by atoms with Crippen molar-refractivity contribution in [3.63, 3.8) is 0 Å². The van der Waals surface area contributed by atoms with Crippen LogP contribution in [-0.2, 0) is 9.57 Å². The van der Waals surface area contributed by atoms with Crippen molar-refractivity contribution in [2.24, 2.45) is 5.92 Å². The molecule has 0 bridgehead atoms. The quantitative estimate of drug-likeness (QED) is 0.637. The summed E-state index contributed by atoms with van der Waals surface area (Å²) in [5, 5.41) is 4.91. The monoisotopic (exact) mass is 444 g/mol. The molecule has 2 aromatic rings. The molecule has 3 heterocycles. The normalized spacial score (nSPS) is 15.2. The number of rotatable bonds is 7. The van der Waals surface area contributed by atoms with E-state index in [4.69, 9.17) is 14.3 Å². The minimum Gasteiger partial charge on any atom is -0.481 e. The minimum absolute atomic E-state index is 0.468. The van der Waals surface area contributed by atoms with Gasteiger partial charge in [0.1, 0.15) is 23.6 Å². The largest absolute Gasteiger partial charge is 0.528 e. The van der Waals surface area contributed by atoms with E-state index in [1.54, 1.807) is 30.8 Å². The summed E-state index contributed by atoms with van der Waals surface area (Å²) < 4.78 is 10.3. The smallest absolute Gasteiger partial charge is 0.481 e. The SMILES string of the molecule is COc1ccc(Nc2cc(N(C)CC3CCN(OC(=O)OC(C)(C)C)CC3)ncn2)cn1. The number of hydrogen-bond acceptors (Lipinski definition) is 10. The standard InChI is InChI=1S/C22H32N6O4/c1-22(2,3)31-21(29)32-28-10-8-16(9-11-28)14-27(4)19-12-18(24-15-25-19)26-17-6-7-20(30-5)23-13-17/h6-7,12-13,15-16H,8-11,14H2,1-5H3,(H,24,25,26). The van der Waals surface area contributed by atoms with Crippen molar-refractivity contribution in [2.75, 3.05) is 44.0 Å². The highest BCUT2D eigenvalue weighted by Crippen LogP contribution is 2.23. The average Bonchev–Trinajstić information content (AvgIpc) is 2.74. The Labute approximate surface area is 188 Å². The molecule has 0 atom stereocenters. The maximum atomic E-state index is 11.8. The zero-order valence-corrected chi connectivity index (χ0v) is 19.4. The topological polar surface area (TPSA) is 102 Å². The summed E-state index contributed by atoms with van der Waals surface area (Å²) in [6.07, 6.45) is 4.42. The van der Waals surface area contributed by atoms with Crippen molar-refractivity contribution in [3.05, 3.63) is 30.7 Å². The Hall–Kier alpha value is -3.14. The third-order valence-corrected chi connectivity index (χ3v) is 4.96. The number of aromatic nitrogens is 3. The molecule has 10 nitrogen and oxygen atoms in total. The molecule has 1 N–H and O–H groups in total. The van der Waals surface area contributed by atoms with Crippen molar-refractivity contribution in [2.45, 2.75) is 39.2 Å². The number of piperidine rings is 1. The van der Waals surface area contributed by atoms with E-state index in [-0.39, 0.29) is 0 Å². The molecule has 2 aromatic heterocycles. The van der Waals surface area contributed by atoms with Crippen LogP contribution in [0.4, 0.5) is 22.1 Å². The van der Waals surface area contributed by atoms with Gasteiger partial charge in [-0.2, -0.15) is 0 Å².